The number of imidazole rings is 1. The third-order valence-corrected chi connectivity index (χ3v) is 5.65. The van der Waals surface area contributed by atoms with Crippen molar-refractivity contribution < 1.29 is 13.5 Å². The number of aliphatic hydroxyl groups excluding tert-OH is 1. The first-order chi connectivity index (χ1) is 9.06. The number of rotatable bonds is 6. The Morgan fingerprint density at radius 1 is 1.53 bits per heavy atom. The minimum atomic E-state index is -3.59. The van der Waals surface area contributed by atoms with Crippen LogP contribution in [-0.4, -0.2) is 23.5 Å². The van der Waals surface area contributed by atoms with Crippen LogP contribution in [0.4, 0.5) is 0 Å². The minimum absolute atomic E-state index is 0.157. The molecule has 19 heavy (non-hydrogen) atoms. The van der Waals surface area contributed by atoms with E-state index in [1.165, 1.54) is 6.07 Å². The summed E-state index contributed by atoms with van der Waals surface area (Å²) in [6, 6.07) is 2.71. The van der Waals surface area contributed by atoms with Crippen LogP contribution in [0.2, 0.25) is 0 Å². The number of hydrogen-bond donors (Lipinski definition) is 3. The van der Waals surface area contributed by atoms with Crippen molar-refractivity contribution in [2.45, 2.75) is 30.2 Å². The first-order valence-corrected chi connectivity index (χ1v) is 8.08. The van der Waals surface area contributed by atoms with Gasteiger partial charge in [-0.05, 0) is 18.6 Å². The van der Waals surface area contributed by atoms with E-state index in [4.69, 9.17) is 5.11 Å². The molecule has 0 bridgehead atoms. The van der Waals surface area contributed by atoms with E-state index >= 15 is 0 Å². The number of thiophene rings is 1. The Kier molecular flexibility index (Phi) is 4.35. The number of H-pyrrole nitrogens is 1. The van der Waals surface area contributed by atoms with E-state index in [-0.39, 0.29) is 16.9 Å². The van der Waals surface area contributed by atoms with Gasteiger partial charge >= 0.3 is 0 Å². The average molecular weight is 301 g/mol. The Morgan fingerprint density at radius 2 is 2.32 bits per heavy atom. The molecule has 2 heterocycles. The number of aromatic amines is 1. The Balaban J connectivity index is 2.20. The van der Waals surface area contributed by atoms with Gasteiger partial charge in [-0.2, -0.15) is 4.72 Å². The van der Waals surface area contributed by atoms with Crippen LogP contribution in [0.5, 0.6) is 0 Å². The monoisotopic (exact) mass is 301 g/mol. The summed E-state index contributed by atoms with van der Waals surface area (Å²) in [6.07, 6.45) is 3.83. The lowest BCUT2D eigenvalue weighted by molar-refractivity contribution is 0.285. The molecular formula is C11H15N3O3S2. The van der Waals surface area contributed by atoms with Crippen molar-refractivity contribution in [3.8, 4) is 0 Å². The maximum absolute atomic E-state index is 12.2. The summed E-state index contributed by atoms with van der Waals surface area (Å²) in [7, 11) is -3.59. The first-order valence-electron chi connectivity index (χ1n) is 5.78. The summed E-state index contributed by atoms with van der Waals surface area (Å²) in [5, 5.41) is 8.98. The van der Waals surface area contributed by atoms with Crippen LogP contribution in [-0.2, 0) is 16.6 Å². The van der Waals surface area contributed by atoms with Gasteiger partial charge in [-0.15, -0.1) is 11.3 Å². The third-order valence-electron chi connectivity index (χ3n) is 2.61. The van der Waals surface area contributed by atoms with Crippen LogP contribution in [0.25, 0.3) is 0 Å². The molecule has 2 aromatic heterocycles. The molecule has 0 aliphatic heterocycles. The number of hydrogen-bond acceptors (Lipinski definition) is 5. The highest BCUT2D eigenvalue weighted by molar-refractivity contribution is 7.91. The van der Waals surface area contributed by atoms with E-state index in [1.54, 1.807) is 18.5 Å². The molecule has 0 aliphatic rings. The van der Waals surface area contributed by atoms with Gasteiger partial charge in [0.2, 0.25) is 0 Å². The van der Waals surface area contributed by atoms with Crippen LogP contribution in [0.15, 0.2) is 28.7 Å². The largest absolute Gasteiger partial charge is 0.391 e. The fourth-order valence-corrected chi connectivity index (χ4v) is 4.15. The van der Waals surface area contributed by atoms with Gasteiger partial charge in [-0.25, -0.2) is 13.4 Å². The van der Waals surface area contributed by atoms with Gasteiger partial charge in [-0.1, -0.05) is 6.92 Å². The highest BCUT2D eigenvalue weighted by Crippen LogP contribution is 2.24. The van der Waals surface area contributed by atoms with Gasteiger partial charge in [0.15, 0.2) is 0 Å². The molecule has 1 unspecified atom stereocenters. The summed E-state index contributed by atoms with van der Waals surface area (Å²) in [5.41, 5.74) is 0. The SMILES string of the molecule is CCC(NS(=O)(=O)c1ccc(CO)s1)c1ncc[nH]1. The van der Waals surface area contributed by atoms with Gasteiger partial charge in [0, 0.05) is 17.3 Å². The molecule has 6 nitrogen and oxygen atoms in total. The zero-order chi connectivity index (χ0) is 13.9. The number of aliphatic hydroxyl groups is 1. The van der Waals surface area contributed by atoms with Crippen LogP contribution in [0.1, 0.15) is 30.1 Å². The van der Waals surface area contributed by atoms with Crippen LogP contribution in [0, 0.1) is 0 Å². The van der Waals surface area contributed by atoms with Crippen molar-refractivity contribution >= 4 is 21.4 Å². The minimum Gasteiger partial charge on any atom is -0.391 e. The van der Waals surface area contributed by atoms with Crippen molar-refractivity contribution in [1.29, 1.82) is 0 Å². The smallest absolute Gasteiger partial charge is 0.250 e. The van der Waals surface area contributed by atoms with Gasteiger partial charge in [0.25, 0.3) is 10.0 Å². The molecule has 0 amide bonds. The van der Waals surface area contributed by atoms with E-state index in [0.29, 0.717) is 17.1 Å². The zero-order valence-electron chi connectivity index (χ0n) is 10.3. The van der Waals surface area contributed by atoms with Gasteiger partial charge in [0.05, 0.1) is 12.6 Å². The van der Waals surface area contributed by atoms with Crippen molar-refractivity contribution in [3.63, 3.8) is 0 Å². The normalized spacial score (nSPS) is 13.6. The number of aromatic nitrogens is 2. The molecule has 2 rings (SSSR count). The highest BCUT2D eigenvalue weighted by atomic mass is 32.2. The second-order valence-corrected chi connectivity index (χ2v) is 7.04. The molecule has 2 aromatic rings. The molecule has 0 aromatic carbocycles. The summed E-state index contributed by atoms with van der Waals surface area (Å²) >= 11 is 1.06. The molecule has 8 heteroatoms. The van der Waals surface area contributed by atoms with E-state index in [1.807, 2.05) is 6.92 Å². The fourth-order valence-electron chi connectivity index (χ4n) is 1.63. The van der Waals surface area contributed by atoms with Crippen LogP contribution in [0.3, 0.4) is 0 Å². The number of nitrogens with zero attached hydrogens (tertiary/aromatic N) is 1. The summed E-state index contributed by atoms with van der Waals surface area (Å²) in [4.78, 5) is 7.59. The predicted molar refractivity (Wildman–Crippen MR) is 72.2 cm³/mol. The van der Waals surface area contributed by atoms with Crippen molar-refractivity contribution in [2.24, 2.45) is 0 Å². The highest BCUT2D eigenvalue weighted by Gasteiger charge is 2.23. The zero-order valence-corrected chi connectivity index (χ0v) is 12.0. The molecule has 0 spiro atoms. The summed E-state index contributed by atoms with van der Waals surface area (Å²) in [6.45, 7) is 1.72. The Bertz CT molecular complexity index is 619. The van der Waals surface area contributed by atoms with E-state index in [9.17, 15) is 8.42 Å². The molecule has 0 saturated carbocycles. The lowest BCUT2D eigenvalue weighted by Gasteiger charge is -2.13. The van der Waals surface area contributed by atoms with Gasteiger partial charge in [-0.3, -0.25) is 0 Å². The lowest BCUT2D eigenvalue weighted by Crippen LogP contribution is -2.28. The van der Waals surface area contributed by atoms with E-state index in [2.05, 4.69) is 14.7 Å². The molecule has 0 fully saturated rings. The van der Waals surface area contributed by atoms with Crippen molar-refractivity contribution in [2.75, 3.05) is 0 Å². The molecule has 0 radical (unpaired) electrons. The van der Waals surface area contributed by atoms with Gasteiger partial charge in [0.1, 0.15) is 10.0 Å². The van der Waals surface area contributed by atoms with Crippen LogP contribution >= 0.6 is 11.3 Å². The second kappa shape index (κ2) is 5.83. The Labute approximate surface area is 115 Å². The first kappa shape index (κ1) is 14.2. The van der Waals surface area contributed by atoms with Crippen molar-refractivity contribution in [3.05, 3.63) is 35.2 Å². The lowest BCUT2D eigenvalue weighted by atomic mass is 10.2. The number of nitrogens with one attached hydrogen (secondary N) is 2. The molecule has 104 valence electrons. The molecule has 1 atom stereocenters. The van der Waals surface area contributed by atoms with Crippen molar-refractivity contribution in [1.82, 2.24) is 14.7 Å². The third kappa shape index (κ3) is 3.21. The van der Waals surface area contributed by atoms with Crippen LogP contribution < -0.4 is 4.72 Å². The Hall–Kier alpha value is -1.22. The maximum Gasteiger partial charge on any atom is 0.250 e. The van der Waals surface area contributed by atoms with E-state index in [0.717, 1.165) is 11.3 Å². The molecule has 3 N–H and O–H groups in total. The predicted octanol–water partition coefficient (Wildman–Crippen LogP) is 1.39. The summed E-state index contributed by atoms with van der Waals surface area (Å²) in [5.74, 6) is 0.588. The topological polar surface area (TPSA) is 95.1 Å². The Morgan fingerprint density at radius 3 is 2.84 bits per heavy atom. The van der Waals surface area contributed by atoms with E-state index < -0.39 is 10.0 Å². The molecule has 0 saturated heterocycles. The molecular weight excluding hydrogens is 286 g/mol. The standard InChI is InChI=1S/C11H15N3O3S2/c1-2-9(11-12-5-6-13-11)14-19(16,17)10-4-3-8(7-15)18-10/h3-6,9,14-15H,2,7H2,1H3,(H,12,13). The quantitative estimate of drug-likeness (QED) is 0.751. The fraction of sp³-hybridized carbons (Fsp3) is 0.364. The number of sulfonamides is 1. The van der Waals surface area contributed by atoms with Gasteiger partial charge < -0.3 is 10.1 Å². The maximum atomic E-state index is 12.2. The molecule has 0 aliphatic carbocycles. The summed E-state index contributed by atoms with van der Waals surface area (Å²) < 4.78 is 27.2. The second-order valence-electron chi connectivity index (χ2n) is 3.94. The average Bonchev–Trinajstić information content (AvgIpc) is 3.06.